The van der Waals surface area contributed by atoms with Crippen molar-refractivity contribution in [3.63, 3.8) is 0 Å². The minimum Gasteiger partial charge on any atom is -0.744 e. The van der Waals surface area contributed by atoms with Crippen LogP contribution < -0.4 is 0 Å². The van der Waals surface area contributed by atoms with E-state index in [1.54, 1.807) is 12.1 Å². The van der Waals surface area contributed by atoms with E-state index in [0.29, 0.717) is 0 Å². The Balaban J connectivity index is 0.000000235. The van der Waals surface area contributed by atoms with E-state index in [1.165, 1.54) is 33.1 Å². The van der Waals surface area contributed by atoms with Crippen molar-refractivity contribution in [3.05, 3.63) is 115 Å². The molecule has 4 aromatic carbocycles. The first kappa shape index (κ1) is 24.8. The van der Waals surface area contributed by atoms with Gasteiger partial charge in [-0.3, -0.25) is 0 Å². The Labute approximate surface area is 198 Å². The molecule has 4 rings (SSSR count). The molecule has 0 radical (unpaired) electrons. The summed E-state index contributed by atoms with van der Waals surface area (Å²) in [5.74, 6) is 0. The third-order valence-electron chi connectivity index (χ3n) is 5.62. The topological polar surface area (TPSA) is 57.2 Å². The second-order valence-corrected chi connectivity index (χ2v) is 16.4. The zero-order valence-corrected chi connectivity index (χ0v) is 21.1. The minimum absolute atomic E-state index is 0.178. The quantitative estimate of drug-likeness (QED) is 0.257. The van der Waals surface area contributed by atoms with Crippen LogP contribution >= 0.6 is 0 Å². The number of rotatable bonds is 4. The van der Waals surface area contributed by atoms with Crippen LogP contribution in [0.2, 0.25) is 0 Å². The van der Waals surface area contributed by atoms with Crippen molar-refractivity contribution in [2.24, 2.45) is 0 Å². The van der Waals surface area contributed by atoms with Gasteiger partial charge in [-0.25, -0.2) is 8.42 Å². The SMILES string of the molecule is C[S+](C)(C)(c1ccccc1)c1ccccc1-c1ccccc1.Cc1ccc(S(=O)(=O)[O-])cc1. The number of hydrogen-bond acceptors (Lipinski definition) is 3. The van der Waals surface area contributed by atoms with Crippen molar-refractivity contribution in [2.45, 2.75) is 21.6 Å². The Kier molecular flexibility index (Phi) is 7.17. The Morgan fingerprint density at radius 1 is 0.636 bits per heavy atom. The maximum atomic E-state index is 10.4. The highest BCUT2D eigenvalue weighted by Crippen LogP contribution is 2.48. The Morgan fingerprint density at radius 2 is 1.12 bits per heavy atom. The monoisotopic (exact) mass is 478 g/mol. The first-order chi connectivity index (χ1) is 15.5. The fourth-order valence-corrected chi connectivity index (χ4v) is 7.02. The first-order valence-corrected chi connectivity index (χ1v) is 15.2. The van der Waals surface area contributed by atoms with Gasteiger partial charge in [0.2, 0.25) is 0 Å². The largest absolute Gasteiger partial charge is 0.744 e. The average Bonchev–Trinajstić information content (AvgIpc) is 2.80. The van der Waals surface area contributed by atoms with Crippen LogP contribution in [-0.2, 0) is 19.3 Å². The molecular formula is C28H30O3S2. The van der Waals surface area contributed by atoms with E-state index in [1.807, 2.05) is 6.92 Å². The summed E-state index contributed by atoms with van der Waals surface area (Å²) in [6.45, 7) is 1.82. The van der Waals surface area contributed by atoms with Crippen LogP contribution in [-0.4, -0.2) is 31.7 Å². The zero-order chi connectivity index (χ0) is 24.1. The molecular weight excluding hydrogens is 448 g/mol. The van der Waals surface area contributed by atoms with Crippen molar-refractivity contribution in [1.82, 2.24) is 0 Å². The summed E-state index contributed by atoms with van der Waals surface area (Å²) in [7, 11) is -6.15. The van der Waals surface area contributed by atoms with Gasteiger partial charge in [0.15, 0.2) is 0 Å². The van der Waals surface area contributed by atoms with Crippen LogP contribution in [0.4, 0.5) is 0 Å². The summed E-state index contributed by atoms with van der Waals surface area (Å²) >= 11 is 0. The summed E-state index contributed by atoms with van der Waals surface area (Å²) < 4.78 is 31.2. The van der Waals surface area contributed by atoms with Gasteiger partial charge in [-0.2, -0.15) is 9.16 Å². The van der Waals surface area contributed by atoms with E-state index in [0.717, 1.165) is 5.56 Å². The fourth-order valence-electron chi connectivity index (χ4n) is 3.67. The maximum Gasteiger partial charge on any atom is 0.124 e. The predicted molar refractivity (Wildman–Crippen MR) is 139 cm³/mol. The minimum atomic E-state index is -4.27. The molecule has 0 aromatic heterocycles. The van der Waals surface area contributed by atoms with E-state index in [-0.39, 0.29) is 4.90 Å². The molecule has 0 saturated heterocycles. The molecule has 0 spiro atoms. The molecule has 0 N–H and O–H groups in total. The number of aryl methyl sites for hydroxylation is 1. The molecule has 0 bridgehead atoms. The molecule has 0 aliphatic rings. The predicted octanol–water partition coefficient (Wildman–Crippen LogP) is 6.25. The molecule has 0 saturated carbocycles. The van der Waals surface area contributed by atoms with Gasteiger partial charge in [-0.05, 0) is 48.9 Å². The highest BCUT2D eigenvalue weighted by atomic mass is 32.3. The van der Waals surface area contributed by atoms with Crippen LogP contribution in [0.3, 0.4) is 0 Å². The van der Waals surface area contributed by atoms with Gasteiger partial charge < -0.3 is 4.55 Å². The van der Waals surface area contributed by atoms with Crippen molar-refractivity contribution in [3.8, 4) is 11.1 Å². The highest BCUT2D eigenvalue weighted by Gasteiger charge is 2.39. The van der Waals surface area contributed by atoms with E-state index >= 15 is 0 Å². The number of benzene rings is 4. The van der Waals surface area contributed by atoms with Crippen LogP contribution in [0.5, 0.6) is 0 Å². The van der Waals surface area contributed by atoms with E-state index in [4.69, 9.17) is 0 Å². The molecule has 172 valence electrons. The highest BCUT2D eigenvalue weighted by molar-refractivity contribution is 8.28. The molecule has 0 amide bonds. The lowest BCUT2D eigenvalue weighted by molar-refractivity contribution is 0.463. The molecule has 4 aromatic rings. The Morgan fingerprint density at radius 3 is 1.67 bits per heavy atom. The van der Waals surface area contributed by atoms with Gasteiger partial charge in [0.05, 0.1) is 14.7 Å². The molecule has 0 unspecified atom stereocenters. The molecule has 0 aliphatic carbocycles. The zero-order valence-electron chi connectivity index (χ0n) is 19.4. The van der Waals surface area contributed by atoms with Gasteiger partial charge in [-0.1, -0.05) is 78.4 Å². The Bertz CT molecular complexity index is 1300. The second kappa shape index (κ2) is 9.56. The smallest absolute Gasteiger partial charge is 0.124 e. The van der Waals surface area contributed by atoms with E-state index in [2.05, 4.69) is 104 Å². The fraction of sp³-hybridized carbons (Fsp3) is 0.143. The van der Waals surface area contributed by atoms with Crippen molar-refractivity contribution in [1.29, 1.82) is 0 Å². The molecule has 0 fully saturated rings. The summed E-state index contributed by atoms with van der Waals surface area (Å²) in [5.41, 5.74) is 3.57. The van der Waals surface area contributed by atoms with Crippen LogP contribution in [0, 0.1) is 6.92 Å². The molecule has 33 heavy (non-hydrogen) atoms. The van der Waals surface area contributed by atoms with Crippen LogP contribution in [0.15, 0.2) is 124 Å². The van der Waals surface area contributed by atoms with Gasteiger partial charge in [-0.15, -0.1) is 0 Å². The first-order valence-electron chi connectivity index (χ1n) is 10.6. The van der Waals surface area contributed by atoms with Gasteiger partial charge in [0, 0.05) is 24.3 Å². The van der Waals surface area contributed by atoms with Gasteiger partial charge in [0.25, 0.3) is 0 Å². The summed E-state index contributed by atoms with van der Waals surface area (Å²) in [5, 5.41) is 0. The Hall–Kier alpha value is -2.86. The summed E-state index contributed by atoms with van der Waals surface area (Å²) in [6, 6.07) is 36.3. The molecule has 0 aliphatic heterocycles. The molecule has 0 heterocycles. The molecule has 0 atom stereocenters. The van der Waals surface area contributed by atoms with Gasteiger partial charge >= 0.3 is 0 Å². The van der Waals surface area contributed by atoms with Gasteiger partial charge in [0.1, 0.15) is 10.1 Å². The maximum absolute atomic E-state index is 10.4. The third kappa shape index (κ3) is 5.93. The van der Waals surface area contributed by atoms with E-state index < -0.39 is 19.3 Å². The third-order valence-corrected chi connectivity index (χ3v) is 10.3. The average molecular weight is 479 g/mol. The normalized spacial score (nSPS) is 12.7. The lowest BCUT2D eigenvalue weighted by Gasteiger charge is -2.46. The molecule has 3 nitrogen and oxygen atoms in total. The van der Waals surface area contributed by atoms with E-state index in [9.17, 15) is 13.0 Å². The number of hydrogen-bond donors (Lipinski definition) is 0. The lowest BCUT2D eigenvalue weighted by Crippen LogP contribution is -2.39. The van der Waals surface area contributed by atoms with Crippen LogP contribution in [0.1, 0.15) is 5.56 Å². The lowest BCUT2D eigenvalue weighted by atomic mass is 10.1. The second-order valence-electron chi connectivity index (χ2n) is 8.99. The van der Waals surface area contributed by atoms with Crippen molar-refractivity contribution in [2.75, 3.05) is 18.8 Å². The summed E-state index contributed by atoms with van der Waals surface area (Å²) in [6.07, 6.45) is 7.27. The van der Waals surface area contributed by atoms with Crippen LogP contribution in [0.25, 0.3) is 11.1 Å². The standard InChI is InChI=1S/C21H23S.C7H8O3S/c1-22(2,3,19-14-8-5-9-15-19)21-17-11-10-16-20(21)18-12-6-4-7-13-18;1-6-2-4-7(5-3-6)11(8,9)10/h4-17H,1-3H3;2-5H,1H3,(H,8,9,10)/q+1;/p-1. The molecule has 5 heteroatoms. The summed E-state index contributed by atoms with van der Waals surface area (Å²) in [4.78, 5) is 2.71. The van der Waals surface area contributed by atoms with Crippen molar-refractivity contribution < 1.29 is 13.0 Å². The van der Waals surface area contributed by atoms with Crippen molar-refractivity contribution >= 4 is 19.3 Å².